The lowest BCUT2D eigenvalue weighted by molar-refractivity contribution is 0.246. The number of amides is 1. The number of aliphatic imine (C=N–C) groups is 1. The number of carbonyl (C=O) groups excluding carboxylic acids is 1. The third kappa shape index (κ3) is 1.08. The molecule has 0 N–H and O–H groups in total. The minimum Gasteiger partial charge on any atom is -0.243 e. The number of allylic oxidation sites excluding steroid dienone is 4. The van der Waals surface area contributed by atoms with Gasteiger partial charge >= 0.3 is 6.03 Å². The summed E-state index contributed by atoms with van der Waals surface area (Å²) in [5.41, 5.74) is 1.78. The number of hydrogen-bond donors (Lipinski definition) is 0. The fraction of sp³-hybridized carbons (Fsp3) is 0.222. The van der Waals surface area contributed by atoms with Crippen LogP contribution in [0.25, 0.3) is 0 Å². The molecule has 1 aliphatic heterocycles. The van der Waals surface area contributed by atoms with E-state index in [4.69, 9.17) is 0 Å². The number of nitrogens with zero attached hydrogens (tertiary/aromatic N) is 5. The Morgan fingerprint density at radius 2 is 2.33 bits per heavy atom. The zero-order valence-electron chi connectivity index (χ0n) is 7.95. The highest BCUT2D eigenvalue weighted by molar-refractivity contribution is 6.10. The van der Waals surface area contributed by atoms with Crippen LogP contribution in [-0.4, -0.2) is 32.0 Å². The fourth-order valence-electron chi connectivity index (χ4n) is 1.72. The smallest absolute Gasteiger partial charge is 0.243 e. The summed E-state index contributed by atoms with van der Waals surface area (Å²) in [5, 5.41) is 10.9. The predicted molar refractivity (Wildman–Crippen MR) is 51.7 cm³/mol. The van der Waals surface area contributed by atoms with E-state index in [9.17, 15) is 4.79 Å². The third-order valence-corrected chi connectivity index (χ3v) is 2.42. The van der Waals surface area contributed by atoms with Gasteiger partial charge in [-0.05, 0) is 29.0 Å². The van der Waals surface area contributed by atoms with Gasteiger partial charge in [0.15, 0.2) is 5.82 Å². The summed E-state index contributed by atoms with van der Waals surface area (Å²) in [6.45, 7) is 1.96. The van der Waals surface area contributed by atoms with Crippen LogP contribution < -0.4 is 0 Å². The highest BCUT2D eigenvalue weighted by atomic mass is 16.2. The van der Waals surface area contributed by atoms with Gasteiger partial charge in [-0.1, -0.05) is 12.2 Å². The molecule has 2 aliphatic rings. The molecule has 6 nitrogen and oxygen atoms in total. The standard InChI is InChI=1S/C9H7N5O/c1-5-2-3-6-7(4-5)10-9(15)14-8(6)11-12-13-14/h2-4,6H,1H3. The number of aromatic nitrogens is 4. The van der Waals surface area contributed by atoms with Crippen LogP contribution in [0.15, 0.2) is 28.8 Å². The monoisotopic (exact) mass is 201 g/mol. The molecular formula is C9H7N5O. The van der Waals surface area contributed by atoms with E-state index in [1.807, 2.05) is 25.2 Å². The van der Waals surface area contributed by atoms with E-state index in [1.54, 1.807) is 0 Å². The maximum absolute atomic E-state index is 11.5. The highest BCUT2D eigenvalue weighted by Gasteiger charge is 2.30. The van der Waals surface area contributed by atoms with E-state index in [1.165, 1.54) is 0 Å². The average molecular weight is 201 g/mol. The molecule has 1 aliphatic carbocycles. The molecule has 1 atom stereocenters. The van der Waals surface area contributed by atoms with Crippen molar-refractivity contribution in [2.75, 3.05) is 0 Å². The van der Waals surface area contributed by atoms with Crippen molar-refractivity contribution >= 4 is 11.7 Å². The molecule has 0 aromatic carbocycles. The SMILES string of the molecule is CC1=CC2=NC(=O)n3nnnc3C2C=C1. The van der Waals surface area contributed by atoms with E-state index in [-0.39, 0.29) is 5.92 Å². The van der Waals surface area contributed by atoms with Crippen molar-refractivity contribution in [3.63, 3.8) is 0 Å². The molecule has 1 aromatic rings. The summed E-state index contributed by atoms with van der Waals surface area (Å²) in [5.74, 6) is 0.436. The van der Waals surface area contributed by atoms with Crippen LogP contribution in [0.5, 0.6) is 0 Å². The van der Waals surface area contributed by atoms with E-state index in [0.717, 1.165) is 10.3 Å². The van der Waals surface area contributed by atoms with E-state index in [2.05, 4.69) is 20.5 Å². The molecule has 1 aromatic heterocycles. The van der Waals surface area contributed by atoms with Gasteiger partial charge in [0.05, 0.1) is 11.6 Å². The summed E-state index contributed by atoms with van der Waals surface area (Å²) >= 11 is 0. The van der Waals surface area contributed by atoms with Gasteiger partial charge in [0, 0.05) is 0 Å². The zero-order valence-corrected chi connectivity index (χ0v) is 7.95. The molecule has 0 bridgehead atoms. The first-order valence-electron chi connectivity index (χ1n) is 4.53. The third-order valence-electron chi connectivity index (χ3n) is 2.42. The number of hydrogen-bond acceptors (Lipinski definition) is 4. The van der Waals surface area contributed by atoms with Gasteiger partial charge in [-0.25, -0.2) is 4.79 Å². The summed E-state index contributed by atoms with van der Waals surface area (Å²) in [7, 11) is 0. The van der Waals surface area contributed by atoms with Gasteiger partial charge in [0.2, 0.25) is 0 Å². The van der Waals surface area contributed by atoms with Crippen LogP contribution in [0.1, 0.15) is 18.7 Å². The van der Waals surface area contributed by atoms with Crippen LogP contribution in [0.3, 0.4) is 0 Å². The Labute approximate surface area is 85.0 Å². The second-order valence-electron chi connectivity index (χ2n) is 3.49. The normalized spacial score (nSPS) is 23.0. The van der Waals surface area contributed by atoms with Crippen LogP contribution in [0, 0.1) is 0 Å². The second-order valence-corrected chi connectivity index (χ2v) is 3.49. The van der Waals surface area contributed by atoms with Gasteiger partial charge in [-0.3, -0.25) is 0 Å². The lowest BCUT2D eigenvalue weighted by Crippen LogP contribution is -2.27. The summed E-state index contributed by atoms with van der Waals surface area (Å²) < 4.78 is 1.13. The molecule has 1 amide bonds. The number of rotatable bonds is 0. The van der Waals surface area contributed by atoms with E-state index < -0.39 is 6.03 Å². The lowest BCUT2D eigenvalue weighted by Gasteiger charge is -2.19. The van der Waals surface area contributed by atoms with Crippen molar-refractivity contribution in [3.8, 4) is 0 Å². The maximum Gasteiger partial charge on any atom is 0.371 e. The Morgan fingerprint density at radius 3 is 3.20 bits per heavy atom. The van der Waals surface area contributed by atoms with Gasteiger partial charge in [-0.2, -0.15) is 4.99 Å². The Hall–Kier alpha value is -2.11. The van der Waals surface area contributed by atoms with Gasteiger partial charge in [-0.15, -0.1) is 9.78 Å². The molecule has 1 unspecified atom stereocenters. The van der Waals surface area contributed by atoms with Crippen molar-refractivity contribution in [2.24, 2.45) is 4.99 Å². The van der Waals surface area contributed by atoms with Crippen LogP contribution in [0.2, 0.25) is 0 Å². The molecule has 0 spiro atoms. The van der Waals surface area contributed by atoms with Gasteiger partial charge < -0.3 is 0 Å². The average Bonchev–Trinajstić information content (AvgIpc) is 2.66. The molecular weight excluding hydrogens is 194 g/mol. The minimum absolute atomic E-state index is 0.0959. The predicted octanol–water partition coefficient (Wildman–Crippen LogP) is 0.695. The van der Waals surface area contributed by atoms with Crippen molar-refractivity contribution < 1.29 is 4.79 Å². The molecule has 6 heteroatoms. The first-order chi connectivity index (χ1) is 7.25. The first kappa shape index (κ1) is 8.22. The minimum atomic E-state index is -0.430. The topological polar surface area (TPSA) is 73.0 Å². The zero-order chi connectivity index (χ0) is 10.4. The quantitative estimate of drug-likeness (QED) is 0.579. The summed E-state index contributed by atoms with van der Waals surface area (Å²) in [4.78, 5) is 15.4. The maximum atomic E-state index is 11.5. The molecule has 3 rings (SSSR count). The van der Waals surface area contributed by atoms with E-state index >= 15 is 0 Å². The summed E-state index contributed by atoms with van der Waals surface area (Å²) in [6.07, 6.45) is 5.79. The molecule has 0 fully saturated rings. The van der Waals surface area contributed by atoms with Gasteiger partial charge in [0.25, 0.3) is 0 Å². The largest absolute Gasteiger partial charge is 0.371 e. The highest BCUT2D eigenvalue weighted by Crippen LogP contribution is 2.26. The molecule has 2 heterocycles. The second kappa shape index (κ2) is 2.69. The molecule has 74 valence electrons. The Bertz CT molecular complexity index is 536. The first-order valence-corrected chi connectivity index (χ1v) is 4.53. The van der Waals surface area contributed by atoms with Crippen LogP contribution in [0.4, 0.5) is 4.79 Å². The lowest BCUT2D eigenvalue weighted by atomic mass is 9.93. The number of carbonyl (C=O) groups is 1. The molecule has 0 saturated carbocycles. The molecule has 15 heavy (non-hydrogen) atoms. The van der Waals surface area contributed by atoms with Crippen molar-refractivity contribution in [2.45, 2.75) is 12.8 Å². The van der Waals surface area contributed by atoms with Crippen molar-refractivity contribution in [1.29, 1.82) is 0 Å². The van der Waals surface area contributed by atoms with Gasteiger partial charge in [0.1, 0.15) is 0 Å². The van der Waals surface area contributed by atoms with Crippen molar-refractivity contribution in [1.82, 2.24) is 20.2 Å². The van der Waals surface area contributed by atoms with Crippen molar-refractivity contribution in [3.05, 3.63) is 29.6 Å². The van der Waals surface area contributed by atoms with E-state index in [0.29, 0.717) is 11.5 Å². The Morgan fingerprint density at radius 1 is 1.47 bits per heavy atom. The Balaban J connectivity index is 2.19. The van der Waals surface area contributed by atoms with Crippen LogP contribution >= 0.6 is 0 Å². The Kier molecular flexibility index (Phi) is 1.47. The number of fused-ring (bicyclic) bond motifs is 3. The molecule has 0 radical (unpaired) electrons. The number of tetrazole rings is 1. The fourth-order valence-corrected chi connectivity index (χ4v) is 1.72. The molecule has 0 saturated heterocycles. The summed E-state index contributed by atoms with van der Waals surface area (Å²) in [6, 6.07) is -0.430. The van der Waals surface area contributed by atoms with Crippen LogP contribution in [-0.2, 0) is 0 Å².